The van der Waals surface area contributed by atoms with E-state index in [0.29, 0.717) is 18.8 Å². The Hall–Kier alpha value is -1.43. The molecule has 0 aliphatic carbocycles. The van der Waals surface area contributed by atoms with Crippen LogP contribution in [0, 0.1) is 5.92 Å². The van der Waals surface area contributed by atoms with Crippen LogP contribution in [0.25, 0.3) is 0 Å². The zero-order valence-corrected chi connectivity index (χ0v) is 13.2. The van der Waals surface area contributed by atoms with Gasteiger partial charge in [0.15, 0.2) is 0 Å². The Labute approximate surface area is 126 Å². The lowest BCUT2D eigenvalue weighted by Crippen LogP contribution is -2.48. The Balaban J connectivity index is 2.11. The van der Waals surface area contributed by atoms with Crippen molar-refractivity contribution in [3.05, 3.63) is 22.8 Å². The average molecular weight is 340 g/mol. The summed E-state index contributed by atoms with van der Waals surface area (Å²) in [5, 5.41) is 2.78. The molecule has 6 heteroatoms. The van der Waals surface area contributed by atoms with E-state index in [0.717, 1.165) is 10.9 Å². The quantitative estimate of drug-likeness (QED) is 0.916. The van der Waals surface area contributed by atoms with Crippen LogP contribution in [-0.4, -0.2) is 34.3 Å². The summed E-state index contributed by atoms with van der Waals surface area (Å²) in [6.45, 7) is 4.55. The van der Waals surface area contributed by atoms with E-state index in [-0.39, 0.29) is 17.7 Å². The Kier molecular flexibility index (Phi) is 4.75. The fourth-order valence-electron chi connectivity index (χ4n) is 2.42. The third kappa shape index (κ3) is 3.36. The number of likely N-dealkylation sites (tertiary alicyclic amines) is 1. The molecule has 1 saturated heterocycles. The predicted molar refractivity (Wildman–Crippen MR) is 80.1 cm³/mol. The van der Waals surface area contributed by atoms with Gasteiger partial charge in [-0.2, -0.15) is 0 Å². The lowest BCUT2D eigenvalue weighted by Gasteiger charge is -2.29. The second kappa shape index (κ2) is 6.35. The van der Waals surface area contributed by atoms with Crippen molar-refractivity contribution >= 4 is 33.6 Å². The topological polar surface area (TPSA) is 62.3 Å². The molecule has 1 fully saturated rings. The van der Waals surface area contributed by atoms with Gasteiger partial charge in [-0.1, -0.05) is 13.8 Å². The number of rotatable bonds is 4. The number of nitrogens with zero attached hydrogens (tertiary/aromatic N) is 2. The maximum absolute atomic E-state index is 12.4. The van der Waals surface area contributed by atoms with Crippen molar-refractivity contribution in [2.75, 3.05) is 11.9 Å². The molecule has 1 aromatic rings. The number of hydrogen-bond donors (Lipinski definition) is 1. The maximum Gasteiger partial charge on any atom is 0.248 e. The zero-order chi connectivity index (χ0) is 14.7. The molecule has 0 aromatic carbocycles. The van der Waals surface area contributed by atoms with Crippen LogP contribution in [0.5, 0.6) is 0 Å². The molecular formula is C14H18BrN3O2. The van der Waals surface area contributed by atoms with Crippen LogP contribution < -0.4 is 5.32 Å². The zero-order valence-electron chi connectivity index (χ0n) is 11.6. The van der Waals surface area contributed by atoms with Crippen LogP contribution in [0.4, 0.5) is 5.82 Å². The highest BCUT2D eigenvalue weighted by Crippen LogP contribution is 2.20. The standard InChI is InChI=1S/C14H18BrN3O2/c1-9(2)13(18-7-3-4-12(18)19)14(20)17-11-6-5-10(15)8-16-11/h5-6,8-9,13H,3-4,7H2,1-2H3,(H,16,17,20). The van der Waals surface area contributed by atoms with Gasteiger partial charge in [0.05, 0.1) is 0 Å². The van der Waals surface area contributed by atoms with Gasteiger partial charge >= 0.3 is 0 Å². The largest absolute Gasteiger partial charge is 0.330 e. The molecule has 1 N–H and O–H groups in total. The van der Waals surface area contributed by atoms with Gasteiger partial charge in [0, 0.05) is 23.6 Å². The Morgan fingerprint density at radius 1 is 1.45 bits per heavy atom. The number of anilines is 1. The first-order chi connectivity index (χ1) is 9.49. The van der Waals surface area contributed by atoms with Crippen LogP contribution in [0.1, 0.15) is 26.7 Å². The number of amides is 2. The van der Waals surface area contributed by atoms with E-state index in [4.69, 9.17) is 0 Å². The van der Waals surface area contributed by atoms with E-state index in [9.17, 15) is 9.59 Å². The molecule has 1 atom stereocenters. The summed E-state index contributed by atoms with van der Waals surface area (Å²) in [6.07, 6.45) is 2.99. The fourth-order valence-corrected chi connectivity index (χ4v) is 2.65. The number of carbonyl (C=O) groups is 2. The SMILES string of the molecule is CC(C)C(C(=O)Nc1ccc(Br)cn1)N1CCCC1=O. The Bertz CT molecular complexity index is 502. The smallest absolute Gasteiger partial charge is 0.248 e. The number of aromatic nitrogens is 1. The van der Waals surface area contributed by atoms with Crippen molar-refractivity contribution in [1.29, 1.82) is 0 Å². The number of nitrogens with one attached hydrogen (secondary N) is 1. The molecule has 2 rings (SSSR count). The molecule has 1 unspecified atom stereocenters. The third-order valence-electron chi connectivity index (χ3n) is 3.32. The first kappa shape index (κ1) is 15.0. The van der Waals surface area contributed by atoms with Gasteiger partial charge in [0.1, 0.15) is 11.9 Å². The number of halogens is 1. The van der Waals surface area contributed by atoms with Crippen LogP contribution >= 0.6 is 15.9 Å². The van der Waals surface area contributed by atoms with Gasteiger partial charge in [0.2, 0.25) is 11.8 Å². The molecule has 1 aromatic heterocycles. The van der Waals surface area contributed by atoms with Gasteiger partial charge < -0.3 is 10.2 Å². The van der Waals surface area contributed by atoms with E-state index in [2.05, 4.69) is 26.2 Å². The molecule has 2 heterocycles. The van der Waals surface area contributed by atoms with Crippen LogP contribution in [0.2, 0.25) is 0 Å². The van der Waals surface area contributed by atoms with Gasteiger partial charge in [-0.3, -0.25) is 9.59 Å². The minimum Gasteiger partial charge on any atom is -0.330 e. The summed E-state index contributed by atoms with van der Waals surface area (Å²) in [4.78, 5) is 30.1. The third-order valence-corrected chi connectivity index (χ3v) is 3.79. The number of carbonyl (C=O) groups excluding carboxylic acids is 2. The lowest BCUT2D eigenvalue weighted by molar-refractivity contribution is -0.136. The fraction of sp³-hybridized carbons (Fsp3) is 0.500. The highest BCUT2D eigenvalue weighted by Gasteiger charge is 2.34. The van der Waals surface area contributed by atoms with E-state index in [1.807, 2.05) is 19.9 Å². The highest BCUT2D eigenvalue weighted by atomic mass is 79.9. The molecule has 0 saturated carbocycles. The van der Waals surface area contributed by atoms with E-state index in [1.165, 1.54) is 0 Å². The average Bonchev–Trinajstić information content (AvgIpc) is 2.78. The molecule has 0 spiro atoms. The number of pyridine rings is 1. The molecular weight excluding hydrogens is 322 g/mol. The molecule has 2 amide bonds. The van der Waals surface area contributed by atoms with E-state index in [1.54, 1.807) is 17.2 Å². The van der Waals surface area contributed by atoms with Gasteiger partial charge in [0.25, 0.3) is 0 Å². The Morgan fingerprint density at radius 3 is 2.70 bits per heavy atom. The number of hydrogen-bond acceptors (Lipinski definition) is 3. The predicted octanol–water partition coefficient (Wildman–Crippen LogP) is 2.43. The first-order valence-electron chi connectivity index (χ1n) is 6.71. The minimum atomic E-state index is -0.435. The highest BCUT2D eigenvalue weighted by molar-refractivity contribution is 9.10. The molecule has 0 bridgehead atoms. The van der Waals surface area contributed by atoms with Crippen molar-refractivity contribution in [1.82, 2.24) is 9.88 Å². The maximum atomic E-state index is 12.4. The van der Waals surface area contributed by atoms with Gasteiger partial charge in [-0.15, -0.1) is 0 Å². The Morgan fingerprint density at radius 2 is 2.20 bits per heavy atom. The normalized spacial score (nSPS) is 16.6. The summed E-state index contributed by atoms with van der Waals surface area (Å²) in [6, 6.07) is 3.11. The van der Waals surface area contributed by atoms with E-state index < -0.39 is 6.04 Å². The second-order valence-electron chi connectivity index (χ2n) is 5.23. The first-order valence-corrected chi connectivity index (χ1v) is 7.50. The molecule has 1 aliphatic rings. The van der Waals surface area contributed by atoms with Crippen LogP contribution in [-0.2, 0) is 9.59 Å². The summed E-state index contributed by atoms with van der Waals surface area (Å²) < 4.78 is 0.852. The molecule has 0 radical (unpaired) electrons. The second-order valence-corrected chi connectivity index (χ2v) is 6.15. The van der Waals surface area contributed by atoms with Crippen LogP contribution in [0.15, 0.2) is 22.8 Å². The monoisotopic (exact) mass is 339 g/mol. The minimum absolute atomic E-state index is 0.0580. The van der Waals surface area contributed by atoms with Crippen molar-refractivity contribution in [3.63, 3.8) is 0 Å². The van der Waals surface area contributed by atoms with Crippen molar-refractivity contribution in [2.45, 2.75) is 32.7 Å². The summed E-state index contributed by atoms with van der Waals surface area (Å²) in [7, 11) is 0. The van der Waals surface area contributed by atoms with Gasteiger partial charge in [-0.25, -0.2) is 4.98 Å². The van der Waals surface area contributed by atoms with Crippen LogP contribution in [0.3, 0.4) is 0 Å². The van der Waals surface area contributed by atoms with Crippen molar-refractivity contribution < 1.29 is 9.59 Å². The summed E-state index contributed by atoms with van der Waals surface area (Å²) in [5.41, 5.74) is 0. The lowest BCUT2D eigenvalue weighted by atomic mass is 10.0. The van der Waals surface area contributed by atoms with Crippen molar-refractivity contribution in [3.8, 4) is 0 Å². The molecule has 5 nitrogen and oxygen atoms in total. The molecule has 20 heavy (non-hydrogen) atoms. The summed E-state index contributed by atoms with van der Waals surface area (Å²) in [5.74, 6) is 0.440. The summed E-state index contributed by atoms with van der Waals surface area (Å²) >= 11 is 3.30. The van der Waals surface area contributed by atoms with Crippen molar-refractivity contribution in [2.24, 2.45) is 5.92 Å². The molecule has 1 aliphatic heterocycles. The van der Waals surface area contributed by atoms with E-state index >= 15 is 0 Å². The van der Waals surface area contributed by atoms with Gasteiger partial charge in [-0.05, 0) is 40.4 Å². The molecule has 108 valence electrons.